The van der Waals surface area contributed by atoms with Crippen molar-refractivity contribution in [2.75, 3.05) is 19.0 Å². The average molecular weight is 384 g/mol. The molecule has 0 fully saturated rings. The van der Waals surface area contributed by atoms with Gasteiger partial charge in [0, 0.05) is 22.1 Å². The Morgan fingerprint density at radius 1 is 1.21 bits per heavy atom. The van der Waals surface area contributed by atoms with Gasteiger partial charge >= 0.3 is 0 Å². The van der Waals surface area contributed by atoms with Gasteiger partial charge in [0.05, 0.1) is 12.8 Å². The smallest absolute Gasteiger partial charge is 0.133 e. The van der Waals surface area contributed by atoms with Gasteiger partial charge in [-0.1, -0.05) is 28.1 Å². The Labute approximate surface area is 149 Å². The summed E-state index contributed by atoms with van der Waals surface area (Å²) in [7, 11) is 1.70. The van der Waals surface area contributed by atoms with E-state index in [0.29, 0.717) is 0 Å². The van der Waals surface area contributed by atoms with Gasteiger partial charge in [0.15, 0.2) is 0 Å². The van der Waals surface area contributed by atoms with Crippen LogP contribution in [-0.2, 0) is 6.42 Å². The quantitative estimate of drug-likeness (QED) is 0.718. The van der Waals surface area contributed by atoms with Gasteiger partial charge in [-0.25, -0.2) is 4.68 Å². The van der Waals surface area contributed by atoms with E-state index in [2.05, 4.69) is 58.5 Å². The van der Waals surface area contributed by atoms with Crippen LogP contribution < -0.4 is 10.1 Å². The summed E-state index contributed by atoms with van der Waals surface area (Å²) in [6.07, 6.45) is 0.964. The van der Waals surface area contributed by atoms with Crippen LogP contribution in [0.25, 0.3) is 16.9 Å². The summed E-state index contributed by atoms with van der Waals surface area (Å²) in [6.45, 7) is 3.03. The zero-order valence-electron chi connectivity index (χ0n) is 13.6. The molecule has 5 heteroatoms. The van der Waals surface area contributed by atoms with Gasteiger partial charge in [0.25, 0.3) is 0 Å². The largest absolute Gasteiger partial charge is 0.496 e. The first-order valence-electron chi connectivity index (χ1n) is 7.94. The molecule has 1 N–H and O–H groups in total. The Bertz CT molecular complexity index is 917. The summed E-state index contributed by atoms with van der Waals surface area (Å²) < 4.78 is 8.58. The molecule has 0 amide bonds. The second kappa shape index (κ2) is 5.98. The van der Waals surface area contributed by atoms with Crippen molar-refractivity contribution < 1.29 is 4.74 Å². The minimum Gasteiger partial charge on any atom is -0.496 e. The molecule has 0 saturated carbocycles. The molecular formula is C19H18BrN3O. The number of aromatic nitrogens is 2. The summed E-state index contributed by atoms with van der Waals surface area (Å²) in [5.41, 5.74) is 5.53. The topological polar surface area (TPSA) is 39.1 Å². The fourth-order valence-electron chi connectivity index (χ4n) is 3.20. The van der Waals surface area contributed by atoms with E-state index in [1.807, 2.05) is 16.8 Å². The lowest BCUT2D eigenvalue weighted by Gasteiger charge is -2.09. The highest BCUT2D eigenvalue weighted by Crippen LogP contribution is 2.39. The number of benzene rings is 2. The molecule has 24 heavy (non-hydrogen) atoms. The molecule has 2 heterocycles. The van der Waals surface area contributed by atoms with Gasteiger partial charge in [0.1, 0.15) is 17.3 Å². The van der Waals surface area contributed by atoms with Gasteiger partial charge in [-0.3, -0.25) is 0 Å². The number of anilines is 1. The van der Waals surface area contributed by atoms with Crippen LogP contribution in [-0.4, -0.2) is 23.4 Å². The Morgan fingerprint density at radius 3 is 2.88 bits per heavy atom. The molecule has 0 unspecified atom stereocenters. The molecule has 0 radical (unpaired) electrons. The lowest BCUT2D eigenvalue weighted by molar-refractivity contribution is 0.416. The van der Waals surface area contributed by atoms with E-state index in [9.17, 15) is 0 Å². The van der Waals surface area contributed by atoms with Crippen molar-refractivity contribution in [3.8, 4) is 22.7 Å². The second-order valence-electron chi connectivity index (χ2n) is 5.95. The maximum absolute atomic E-state index is 5.56. The number of hydrogen-bond acceptors (Lipinski definition) is 3. The first-order chi connectivity index (χ1) is 11.7. The molecule has 4 rings (SSSR count). The third-order valence-corrected chi connectivity index (χ3v) is 4.81. The highest BCUT2D eigenvalue weighted by atomic mass is 79.9. The number of hydrogen-bond donors (Lipinski definition) is 1. The van der Waals surface area contributed by atoms with Crippen LogP contribution in [0.4, 0.5) is 5.82 Å². The number of nitrogens with one attached hydrogen (secondary N) is 1. The average Bonchev–Trinajstić information content (AvgIpc) is 3.17. The van der Waals surface area contributed by atoms with Gasteiger partial charge < -0.3 is 10.1 Å². The zero-order valence-corrected chi connectivity index (χ0v) is 15.2. The minimum atomic E-state index is 0.835. The highest BCUT2D eigenvalue weighted by Gasteiger charge is 2.25. The van der Waals surface area contributed by atoms with Crippen molar-refractivity contribution in [1.82, 2.24) is 9.78 Å². The number of halogens is 1. The van der Waals surface area contributed by atoms with Gasteiger partial charge in [-0.15, -0.1) is 0 Å². The van der Waals surface area contributed by atoms with E-state index in [1.54, 1.807) is 7.11 Å². The maximum atomic E-state index is 5.56. The van der Waals surface area contributed by atoms with E-state index < -0.39 is 0 Å². The molecule has 0 atom stereocenters. The predicted molar refractivity (Wildman–Crippen MR) is 100 cm³/mol. The van der Waals surface area contributed by atoms with Gasteiger partial charge in [-0.2, -0.15) is 5.10 Å². The second-order valence-corrected chi connectivity index (χ2v) is 6.86. The van der Waals surface area contributed by atoms with Crippen LogP contribution in [0.15, 0.2) is 46.9 Å². The van der Waals surface area contributed by atoms with Crippen molar-refractivity contribution >= 4 is 21.7 Å². The maximum Gasteiger partial charge on any atom is 0.133 e. The predicted octanol–water partition coefficient (Wildman–Crippen LogP) is 4.59. The van der Waals surface area contributed by atoms with Crippen LogP contribution in [0.3, 0.4) is 0 Å². The SMILES string of the molecule is COc1ccc(Br)cc1-c1nn(-c2cccc(C)c2)c2c1CCN2. The molecule has 0 saturated heterocycles. The van der Waals surface area contributed by atoms with Crippen LogP contribution in [0.5, 0.6) is 5.75 Å². The number of aryl methyl sites for hydroxylation is 1. The van der Waals surface area contributed by atoms with E-state index in [1.165, 1.54) is 11.1 Å². The number of methoxy groups -OCH3 is 1. The first-order valence-corrected chi connectivity index (χ1v) is 8.73. The molecule has 3 aromatic rings. The standard InChI is InChI=1S/C19H18BrN3O/c1-12-4-3-5-14(10-12)23-19-15(8-9-21-19)18(22-23)16-11-13(20)6-7-17(16)24-2/h3-7,10-11,21H,8-9H2,1-2H3. The summed E-state index contributed by atoms with van der Waals surface area (Å²) in [4.78, 5) is 0. The highest BCUT2D eigenvalue weighted by molar-refractivity contribution is 9.10. The van der Waals surface area contributed by atoms with E-state index >= 15 is 0 Å². The molecule has 0 aliphatic carbocycles. The Hall–Kier alpha value is -2.27. The summed E-state index contributed by atoms with van der Waals surface area (Å²) in [6, 6.07) is 14.4. The molecule has 1 aliphatic rings. The van der Waals surface area contributed by atoms with Crippen molar-refractivity contribution in [2.24, 2.45) is 0 Å². The normalized spacial score (nSPS) is 12.8. The molecular weight excluding hydrogens is 366 g/mol. The molecule has 1 aliphatic heterocycles. The van der Waals surface area contributed by atoms with Crippen molar-refractivity contribution in [3.05, 3.63) is 58.1 Å². The van der Waals surface area contributed by atoms with Crippen LogP contribution >= 0.6 is 15.9 Å². The van der Waals surface area contributed by atoms with E-state index in [0.717, 1.165) is 46.0 Å². The number of fused-ring (bicyclic) bond motifs is 1. The van der Waals surface area contributed by atoms with Gasteiger partial charge in [-0.05, 0) is 49.2 Å². The Morgan fingerprint density at radius 2 is 2.08 bits per heavy atom. The third kappa shape index (κ3) is 2.49. The summed E-state index contributed by atoms with van der Waals surface area (Å²) >= 11 is 3.56. The van der Waals surface area contributed by atoms with Crippen LogP contribution in [0.1, 0.15) is 11.1 Å². The molecule has 4 nitrogen and oxygen atoms in total. The Kier molecular flexibility index (Phi) is 3.81. The van der Waals surface area contributed by atoms with E-state index in [4.69, 9.17) is 9.84 Å². The first kappa shape index (κ1) is 15.3. The number of ether oxygens (including phenoxy) is 1. The molecule has 0 spiro atoms. The molecule has 0 bridgehead atoms. The van der Waals surface area contributed by atoms with E-state index in [-0.39, 0.29) is 0 Å². The Balaban J connectivity index is 1.93. The number of rotatable bonds is 3. The minimum absolute atomic E-state index is 0.835. The fourth-order valence-corrected chi connectivity index (χ4v) is 3.56. The van der Waals surface area contributed by atoms with Crippen molar-refractivity contribution in [2.45, 2.75) is 13.3 Å². The molecule has 1 aromatic heterocycles. The lowest BCUT2D eigenvalue weighted by atomic mass is 10.1. The molecule has 122 valence electrons. The molecule has 2 aromatic carbocycles. The lowest BCUT2D eigenvalue weighted by Crippen LogP contribution is -2.04. The van der Waals surface area contributed by atoms with Crippen molar-refractivity contribution in [1.29, 1.82) is 0 Å². The number of nitrogens with zero attached hydrogens (tertiary/aromatic N) is 2. The van der Waals surface area contributed by atoms with Crippen molar-refractivity contribution in [3.63, 3.8) is 0 Å². The van der Waals surface area contributed by atoms with Crippen LogP contribution in [0.2, 0.25) is 0 Å². The zero-order chi connectivity index (χ0) is 16.7. The van der Waals surface area contributed by atoms with Gasteiger partial charge in [0.2, 0.25) is 0 Å². The van der Waals surface area contributed by atoms with Crippen LogP contribution in [0, 0.1) is 6.92 Å². The third-order valence-electron chi connectivity index (χ3n) is 4.31. The monoisotopic (exact) mass is 383 g/mol. The summed E-state index contributed by atoms with van der Waals surface area (Å²) in [5.74, 6) is 1.92. The summed E-state index contributed by atoms with van der Waals surface area (Å²) in [5, 5.41) is 8.39. The fraction of sp³-hybridized carbons (Fsp3) is 0.211.